The van der Waals surface area contributed by atoms with Crippen LogP contribution in [0.5, 0.6) is 0 Å². The second-order valence-electron chi connectivity index (χ2n) is 4.69. The molecular formula is C11H13N3O4S2. The van der Waals surface area contributed by atoms with Crippen LogP contribution in [-0.2, 0) is 16.6 Å². The van der Waals surface area contributed by atoms with Crippen molar-refractivity contribution < 1.29 is 8.42 Å². The third-order valence-corrected chi connectivity index (χ3v) is 6.05. The molecule has 3 rings (SSSR count). The van der Waals surface area contributed by atoms with Crippen molar-refractivity contribution in [2.24, 2.45) is 0 Å². The standard InChI is InChI=1S/C11H13N3O4S2/c15-10-9-8(3-6-19-9)13-11(16)14(10)5-4-12-20(17,18)7-1-2-7/h3,6-7,12H,1-2,4-5H2,(H,13,16). The van der Waals surface area contributed by atoms with Crippen molar-refractivity contribution in [1.82, 2.24) is 14.3 Å². The Balaban J connectivity index is 1.81. The Hall–Kier alpha value is -1.45. The molecule has 0 atom stereocenters. The lowest BCUT2D eigenvalue weighted by atomic mass is 10.4. The van der Waals surface area contributed by atoms with Crippen molar-refractivity contribution in [2.45, 2.75) is 24.6 Å². The number of hydrogen-bond donors (Lipinski definition) is 2. The van der Waals surface area contributed by atoms with Crippen LogP contribution >= 0.6 is 11.3 Å². The maximum atomic E-state index is 12.1. The van der Waals surface area contributed by atoms with Gasteiger partial charge in [0.1, 0.15) is 4.70 Å². The summed E-state index contributed by atoms with van der Waals surface area (Å²) in [5.41, 5.74) is -0.393. The lowest BCUT2D eigenvalue weighted by Crippen LogP contribution is -2.39. The molecule has 20 heavy (non-hydrogen) atoms. The molecule has 2 N–H and O–H groups in total. The van der Waals surface area contributed by atoms with Crippen molar-refractivity contribution in [3.05, 3.63) is 32.3 Å². The van der Waals surface area contributed by atoms with E-state index in [1.807, 2.05) is 0 Å². The van der Waals surface area contributed by atoms with Gasteiger partial charge in [0.05, 0.1) is 10.8 Å². The molecule has 1 aliphatic carbocycles. The SMILES string of the molecule is O=c1[nH]c2ccsc2c(=O)n1CCNS(=O)(=O)C1CC1. The van der Waals surface area contributed by atoms with E-state index in [4.69, 9.17) is 0 Å². The number of fused-ring (bicyclic) bond motifs is 1. The summed E-state index contributed by atoms with van der Waals surface area (Å²) in [6.07, 6.45) is 1.36. The second kappa shape index (κ2) is 4.83. The fourth-order valence-corrected chi connectivity index (χ4v) is 4.14. The minimum absolute atomic E-state index is 0.0218. The predicted octanol–water partition coefficient (Wildman–Crippen LogP) is -0.167. The first-order valence-corrected chi connectivity index (χ1v) is 8.60. The first kappa shape index (κ1) is 13.5. The maximum absolute atomic E-state index is 12.1. The molecule has 0 amide bonds. The summed E-state index contributed by atoms with van der Waals surface area (Å²) in [6.45, 7) is 0.0622. The molecular weight excluding hydrogens is 302 g/mol. The van der Waals surface area contributed by atoms with Crippen molar-refractivity contribution >= 4 is 31.6 Å². The highest BCUT2D eigenvalue weighted by atomic mass is 32.2. The highest BCUT2D eigenvalue weighted by molar-refractivity contribution is 7.90. The Bertz CT molecular complexity index is 858. The molecule has 2 aromatic heterocycles. The number of aromatic amines is 1. The fourth-order valence-electron chi connectivity index (χ4n) is 1.97. The van der Waals surface area contributed by atoms with E-state index in [1.54, 1.807) is 11.4 Å². The number of rotatable bonds is 5. The number of thiophene rings is 1. The molecule has 2 heterocycles. The number of sulfonamides is 1. The van der Waals surface area contributed by atoms with Crippen molar-refractivity contribution in [3.8, 4) is 0 Å². The smallest absolute Gasteiger partial charge is 0.306 e. The van der Waals surface area contributed by atoms with E-state index >= 15 is 0 Å². The molecule has 0 unspecified atom stereocenters. The van der Waals surface area contributed by atoms with Gasteiger partial charge < -0.3 is 4.98 Å². The number of nitrogens with zero attached hydrogens (tertiary/aromatic N) is 1. The molecule has 7 nitrogen and oxygen atoms in total. The Morgan fingerprint density at radius 2 is 2.15 bits per heavy atom. The highest BCUT2D eigenvalue weighted by Crippen LogP contribution is 2.27. The first-order valence-electron chi connectivity index (χ1n) is 6.18. The molecule has 0 aliphatic heterocycles. The van der Waals surface area contributed by atoms with Crippen molar-refractivity contribution in [2.75, 3.05) is 6.54 Å². The molecule has 9 heteroatoms. The Labute approximate surface area is 118 Å². The zero-order chi connectivity index (χ0) is 14.3. The van der Waals surface area contributed by atoms with Gasteiger partial charge in [-0.1, -0.05) is 0 Å². The number of H-pyrrole nitrogens is 1. The molecule has 1 saturated carbocycles. The van der Waals surface area contributed by atoms with Gasteiger partial charge in [-0.3, -0.25) is 9.36 Å². The molecule has 1 aliphatic rings. The minimum atomic E-state index is -3.29. The molecule has 0 bridgehead atoms. The summed E-state index contributed by atoms with van der Waals surface area (Å²) in [5.74, 6) is 0. The van der Waals surface area contributed by atoms with Crippen LogP contribution in [0.1, 0.15) is 12.8 Å². The lowest BCUT2D eigenvalue weighted by molar-refractivity contribution is 0.565. The molecule has 2 aromatic rings. The summed E-state index contributed by atoms with van der Waals surface area (Å²) >= 11 is 1.25. The van der Waals surface area contributed by atoms with Gasteiger partial charge in [-0.25, -0.2) is 17.9 Å². The topological polar surface area (TPSA) is 101 Å². The van der Waals surface area contributed by atoms with Crippen LogP contribution in [-0.4, -0.2) is 29.8 Å². The summed E-state index contributed by atoms with van der Waals surface area (Å²) in [5, 5.41) is 1.42. The monoisotopic (exact) mass is 315 g/mol. The molecule has 1 fully saturated rings. The van der Waals surface area contributed by atoms with Crippen LogP contribution in [0.2, 0.25) is 0 Å². The third-order valence-electron chi connectivity index (χ3n) is 3.19. The van der Waals surface area contributed by atoms with E-state index in [0.717, 1.165) is 4.57 Å². The largest absolute Gasteiger partial charge is 0.328 e. The quantitative estimate of drug-likeness (QED) is 0.800. The summed E-state index contributed by atoms with van der Waals surface area (Å²) in [4.78, 5) is 26.5. The van der Waals surface area contributed by atoms with Crippen LogP contribution in [0, 0.1) is 0 Å². The summed E-state index contributed by atoms with van der Waals surface area (Å²) < 4.78 is 27.2. The summed E-state index contributed by atoms with van der Waals surface area (Å²) in [7, 11) is -3.29. The van der Waals surface area contributed by atoms with Crippen LogP contribution in [0.3, 0.4) is 0 Å². The normalized spacial score (nSPS) is 15.8. The van der Waals surface area contributed by atoms with Crippen LogP contribution in [0.25, 0.3) is 10.2 Å². The van der Waals surface area contributed by atoms with Gasteiger partial charge in [-0.2, -0.15) is 0 Å². The van der Waals surface area contributed by atoms with Gasteiger partial charge in [0, 0.05) is 13.1 Å². The van der Waals surface area contributed by atoms with Gasteiger partial charge in [0.15, 0.2) is 0 Å². The lowest BCUT2D eigenvalue weighted by Gasteiger charge is -2.07. The predicted molar refractivity (Wildman–Crippen MR) is 76.7 cm³/mol. The zero-order valence-corrected chi connectivity index (χ0v) is 12.1. The van der Waals surface area contributed by atoms with E-state index in [0.29, 0.717) is 23.1 Å². The second-order valence-corrected chi connectivity index (χ2v) is 7.65. The molecule has 108 valence electrons. The van der Waals surface area contributed by atoms with E-state index in [1.165, 1.54) is 11.3 Å². The van der Waals surface area contributed by atoms with Gasteiger partial charge in [-0.05, 0) is 24.3 Å². The molecule has 0 saturated heterocycles. The number of nitrogens with one attached hydrogen (secondary N) is 2. The zero-order valence-electron chi connectivity index (χ0n) is 10.5. The summed E-state index contributed by atoms with van der Waals surface area (Å²) in [6, 6.07) is 1.67. The average molecular weight is 315 g/mol. The number of hydrogen-bond acceptors (Lipinski definition) is 5. The van der Waals surface area contributed by atoms with Crippen LogP contribution in [0.4, 0.5) is 0 Å². The van der Waals surface area contributed by atoms with Gasteiger partial charge >= 0.3 is 5.69 Å². The van der Waals surface area contributed by atoms with Crippen LogP contribution < -0.4 is 16.0 Å². The Morgan fingerprint density at radius 1 is 1.40 bits per heavy atom. The third kappa shape index (κ3) is 2.43. The van der Waals surface area contributed by atoms with E-state index in [2.05, 4.69) is 9.71 Å². The van der Waals surface area contributed by atoms with Crippen molar-refractivity contribution in [1.29, 1.82) is 0 Å². The maximum Gasteiger partial charge on any atom is 0.328 e. The molecule has 0 radical (unpaired) electrons. The number of aromatic nitrogens is 2. The van der Waals surface area contributed by atoms with Gasteiger partial charge in [0.2, 0.25) is 10.0 Å². The molecule has 0 spiro atoms. The van der Waals surface area contributed by atoms with Crippen molar-refractivity contribution in [3.63, 3.8) is 0 Å². The van der Waals surface area contributed by atoms with Crippen LogP contribution in [0.15, 0.2) is 21.0 Å². The highest BCUT2D eigenvalue weighted by Gasteiger charge is 2.35. The first-order chi connectivity index (χ1) is 9.49. The average Bonchev–Trinajstić information content (AvgIpc) is 3.15. The van der Waals surface area contributed by atoms with E-state index in [-0.39, 0.29) is 23.9 Å². The molecule has 0 aromatic carbocycles. The van der Waals surface area contributed by atoms with Gasteiger partial charge in [-0.15, -0.1) is 11.3 Å². The Kier molecular flexibility index (Phi) is 3.27. The van der Waals surface area contributed by atoms with Gasteiger partial charge in [0.25, 0.3) is 5.56 Å². The fraction of sp³-hybridized carbons (Fsp3) is 0.455. The minimum Gasteiger partial charge on any atom is -0.306 e. The Morgan fingerprint density at radius 3 is 2.85 bits per heavy atom. The van der Waals surface area contributed by atoms with E-state index < -0.39 is 15.7 Å². The van der Waals surface area contributed by atoms with E-state index in [9.17, 15) is 18.0 Å².